The van der Waals surface area contributed by atoms with Crippen molar-refractivity contribution in [1.29, 1.82) is 5.26 Å². The number of hydrogen-bond donors (Lipinski definition) is 1. The molecule has 0 saturated carbocycles. The summed E-state index contributed by atoms with van der Waals surface area (Å²) in [5.41, 5.74) is 2.94. The van der Waals surface area contributed by atoms with Crippen LogP contribution in [0.15, 0.2) is 60.7 Å². The minimum Gasteiger partial charge on any atom is -0.301 e. The monoisotopic (exact) mass is 365 g/mol. The Morgan fingerprint density at radius 3 is 2.36 bits per heavy atom. The first kappa shape index (κ1) is 17.2. The number of anilines is 1. The Labute approximate surface area is 154 Å². The summed E-state index contributed by atoms with van der Waals surface area (Å²) in [6.07, 6.45) is 0. The topological polar surface area (TPSA) is 65.8 Å². The molecule has 0 aliphatic heterocycles. The van der Waals surface area contributed by atoms with Crippen molar-refractivity contribution in [3.05, 3.63) is 60.7 Å². The molecule has 6 heteroatoms. The van der Waals surface area contributed by atoms with E-state index in [0.29, 0.717) is 10.9 Å². The van der Waals surface area contributed by atoms with Gasteiger partial charge in [-0.2, -0.15) is 5.26 Å². The van der Waals surface area contributed by atoms with Crippen LogP contribution in [0, 0.1) is 11.3 Å². The van der Waals surface area contributed by atoms with Gasteiger partial charge in [-0.15, -0.1) is 11.8 Å². The summed E-state index contributed by atoms with van der Waals surface area (Å²) >= 11 is 2.75. The summed E-state index contributed by atoms with van der Waals surface area (Å²) in [6.45, 7) is 0. The Balaban J connectivity index is 1.90. The van der Waals surface area contributed by atoms with Crippen LogP contribution in [-0.2, 0) is 4.79 Å². The summed E-state index contributed by atoms with van der Waals surface area (Å²) in [4.78, 5) is 17.7. The van der Waals surface area contributed by atoms with Crippen molar-refractivity contribution in [2.75, 3.05) is 16.8 Å². The third-order valence-electron chi connectivity index (χ3n) is 3.36. The van der Waals surface area contributed by atoms with E-state index < -0.39 is 0 Å². The zero-order valence-corrected chi connectivity index (χ0v) is 14.9. The van der Waals surface area contributed by atoms with Crippen LogP contribution in [-0.4, -0.2) is 22.4 Å². The lowest BCUT2D eigenvalue weighted by Gasteiger charge is -2.02. The molecule has 25 heavy (non-hydrogen) atoms. The van der Waals surface area contributed by atoms with E-state index in [0.717, 1.165) is 21.7 Å². The fraction of sp³-hybridized carbons (Fsp3) is 0.105. The van der Waals surface area contributed by atoms with Gasteiger partial charge in [0.1, 0.15) is 0 Å². The van der Waals surface area contributed by atoms with E-state index in [-0.39, 0.29) is 11.7 Å². The van der Waals surface area contributed by atoms with Crippen LogP contribution in [0.5, 0.6) is 0 Å². The normalized spacial score (nSPS) is 10.2. The Morgan fingerprint density at radius 2 is 1.72 bits per heavy atom. The summed E-state index contributed by atoms with van der Waals surface area (Å²) in [7, 11) is 0. The van der Waals surface area contributed by atoms with Gasteiger partial charge in [-0.05, 0) is 5.56 Å². The van der Waals surface area contributed by atoms with Gasteiger partial charge in [-0.3, -0.25) is 4.79 Å². The molecular formula is C19H15N3OS2. The van der Waals surface area contributed by atoms with E-state index in [1.807, 2.05) is 66.7 Å². The van der Waals surface area contributed by atoms with Crippen LogP contribution in [0.2, 0.25) is 0 Å². The number of amides is 1. The molecule has 0 atom stereocenters. The average Bonchev–Trinajstić information content (AvgIpc) is 3.07. The van der Waals surface area contributed by atoms with Gasteiger partial charge in [0.2, 0.25) is 5.91 Å². The molecule has 1 heterocycles. The summed E-state index contributed by atoms with van der Waals surface area (Å²) in [5.74, 6) is 0.401. The van der Waals surface area contributed by atoms with Crippen molar-refractivity contribution < 1.29 is 4.79 Å². The molecule has 0 aliphatic carbocycles. The van der Waals surface area contributed by atoms with E-state index in [2.05, 4.69) is 10.3 Å². The molecule has 3 rings (SSSR count). The van der Waals surface area contributed by atoms with Crippen molar-refractivity contribution in [1.82, 2.24) is 4.98 Å². The standard InChI is InChI=1S/C19H15N3OS2/c20-11-12-24-13-16(23)21-19-22-17(14-7-3-1-4-8-14)18(25-19)15-9-5-2-6-10-15/h1-10H,12-13H2,(H,21,22,23). The number of nitrogens with one attached hydrogen (secondary N) is 1. The molecule has 3 aromatic rings. The highest BCUT2D eigenvalue weighted by molar-refractivity contribution is 8.00. The number of carbonyl (C=O) groups excluding carboxylic acids is 1. The molecule has 0 saturated heterocycles. The molecule has 0 bridgehead atoms. The molecule has 0 aliphatic rings. The fourth-order valence-electron chi connectivity index (χ4n) is 2.30. The van der Waals surface area contributed by atoms with E-state index >= 15 is 0 Å². The van der Waals surface area contributed by atoms with Crippen LogP contribution in [0.4, 0.5) is 5.13 Å². The number of benzene rings is 2. The molecule has 1 amide bonds. The second-order valence-electron chi connectivity index (χ2n) is 5.13. The second kappa shape index (κ2) is 8.47. The average molecular weight is 365 g/mol. The maximum atomic E-state index is 12.0. The maximum Gasteiger partial charge on any atom is 0.236 e. The highest BCUT2D eigenvalue weighted by Gasteiger charge is 2.16. The van der Waals surface area contributed by atoms with E-state index in [1.54, 1.807) is 0 Å². The fourth-order valence-corrected chi connectivity index (χ4v) is 3.76. The van der Waals surface area contributed by atoms with Gasteiger partial charge in [0.15, 0.2) is 5.13 Å². The maximum absolute atomic E-state index is 12.0. The zero-order valence-electron chi connectivity index (χ0n) is 13.3. The number of carbonyl (C=O) groups is 1. The quantitative estimate of drug-likeness (QED) is 0.645. The van der Waals surface area contributed by atoms with Crippen molar-refractivity contribution in [3.63, 3.8) is 0 Å². The van der Waals surface area contributed by atoms with Gasteiger partial charge >= 0.3 is 0 Å². The van der Waals surface area contributed by atoms with Crippen molar-refractivity contribution in [3.8, 4) is 27.8 Å². The lowest BCUT2D eigenvalue weighted by molar-refractivity contribution is -0.113. The van der Waals surface area contributed by atoms with Crippen LogP contribution in [0.3, 0.4) is 0 Å². The first-order chi connectivity index (χ1) is 12.3. The van der Waals surface area contributed by atoms with Crippen LogP contribution < -0.4 is 5.32 Å². The van der Waals surface area contributed by atoms with Crippen molar-refractivity contribution >= 4 is 34.1 Å². The number of thiazole rings is 1. The van der Waals surface area contributed by atoms with Crippen LogP contribution >= 0.6 is 23.1 Å². The molecule has 1 N–H and O–H groups in total. The first-order valence-electron chi connectivity index (χ1n) is 7.64. The van der Waals surface area contributed by atoms with Gasteiger partial charge in [0.25, 0.3) is 0 Å². The molecule has 0 fully saturated rings. The van der Waals surface area contributed by atoms with Gasteiger partial charge in [-0.1, -0.05) is 72.0 Å². The third kappa shape index (κ3) is 4.47. The van der Waals surface area contributed by atoms with Gasteiger partial charge in [0, 0.05) is 5.56 Å². The molecule has 0 spiro atoms. The number of aromatic nitrogens is 1. The van der Waals surface area contributed by atoms with Crippen LogP contribution in [0.25, 0.3) is 21.7 Å². The molecule has 4 nitrogen and oxygen atoms in total. The number of nitrogens with zero attached hydrogens (tertiary/aromatic N) is 2. The second-order valence-corrected chi connectivity index (χ2v) is 7.11. The third-order valence-corrected chi connectivity index (χ3v) is 5.18. The Kier molecular flexibility index (Phi) is 5.83. The zero-order chi connectivity index (χ0) is 17.5. The first-order valence-corrected chi connectivity index (χ1v) is 9.61. The molecule has 1 aromatic heterocycles. The smallest absolute Gasteiger partial charge is 0.236 e. The van der Waals surface area contributed by atoms with Crippen molar-refractivity contribution in [2.45, 2.75) is 0 Å². The highest BCUT2D eigenvalue weighted by atomic mass is 32.2. The molecule has 0 unspecified atom stereocenters. The summed E-state index contributed by atoms with van der Waals surface area (Å²) in [6, 6.07) is 22.0. The number of thioether (sulfide) groups is 1. The van der Waals surface area contributed by atoms with Gasteiger partial charge < -0.3 is 5.32 Å². The predicted octanol–water partition coefficient (Wildman–Crippen LogP) is 4.67. The predicted molar refractivity (Wildman–Crippen MR) is 105 cm³/mol. The van der Waals surface area contributed by atoms with Crippen LogP contribution in [0.1, 0.15) is 0 Å². The lowest BCUT2D eigenvalue weighted by Crippen LogP contribution is -2.14. The Bertz CT molecular complexity index is 829. The Morgan fingerprint density at radius 1 is 1.08 bits per heavy atom. The SMILES string of the molecule is N#CCSCC(=O)Nc1nc(-c2ccccc2)c(-c2ccccc2)s1. The number of nitriles is 1. The van der Waals surface area contributed by atoms with E-state index in [9.17, 15) is 4.79 Å². The summed E-state index contributed by atoms with van der Waals surface area (Å²) < 4.78 is 0. The Hall–Kier alpha value is -2.62. The largest absolute Gasteiger partial charge is 0.301 e. The lowest BCUT2D eigenvalue weighted by atomic mass is 10.1. The van der Waals surface area contributed by atoms with Gasteiger partial charge in [-0.25, -0.2) is 4.98 Å². The van der Waals surface area contributed by atoms with E-state index in [1.165, 1.54) is 23.1 Å². The molecule has 0 radical (unpaired) electrons. The highest BCUT2D eigenvalue weighted by Crippen LogP contribution is 2.38. The molecule has 2 aromatic carbocycles. The minimum atomic E-state index is -0.145. The number of hydrogen-bond acceptors (Lipinski definition) is 5. The van der Waals surface area contributed by atoms with E-state index in [4.69, 9.17) is 5.26 Å². The summed E-state index contributed by atoms with van der Waals surface area (Å²) in [5, 5.41) is 12.0. The molecule has 124 valence electrons. The minimum absolute atomic E-state index is 0.145. The van der Waals surface area contributed by atoms with Gasteiger partial charge in [0.05, 0.1) is 28.1 Å². The van der Waals surface area contributed by atoms with Crippen molar-refractivity contribution in [2.24, 2.45) is 0 Å². The number of rotatable bonds is 6. The molecular weight excluding hydrogens is 350 g/mol.